The van der Waals surface area contributed by atoms with Crippen molar-refractivity contribution < 1.29 is 0 Å². The Hall–Kier alpha value is -4.42. The lowest BCUT2D eigenvalue weighted by Gasteiger charge is -1.92. The van der Waals surface area contributed by atoms with Crippen LogP contribution in [-0.2, 0) is 0 Å². The number of unbranched alkanes of at least 4 members (excludes halogenated alkanes) is 6. The van der Waals surface area contributed by atoms with Gasteiger partial charge in [0.05, 0.1) is 0 Å². The molecule has 7 rings (SSSR count). The van der Waals surface area contributed by atoms with Crippen molar-refractivity contribution in [2.75, 3.05) is 0 Å². The SMILES string of the molecule is C.C.C.C.C.C.C.C.C.C.C.C.C1=CCC=C1.C1=CCC=C1.C1=CCC=C1.CC.CC.CC.CC.CC.CC.CC.CC.CC.CC.CC.CC.CCCC.CCCC.CCCC.CCCC.CCCC.CCCC.c1ccc2ccccc2c1.c1ccccc1.c1ccccc1. The van der Waals surface area contributed by atoms with Gasteiger partial charge < -0.3 is 0 Å². The Morgan fingerprint density at radius 3 is 0.289 bits per heavy atom. The Morgan fingerprint density at radius 2 is 0.237 bits per heavy atom. The van der Waals surface area contributed by atoms with E-state index in [1.807, 2.05) is 239 Å². The molecule has 0 N–H and O–H groups in total. The summed E-state index contributed by atoms with van der Waals surface area (Å²) in [5.41, 5.74) is 0. The van der Waals surface area contributed by atoms with Gasteiger partial charge in [0.15, 0.2) is 0 Å². The van der Waals surface area contributed by atoms with Gasteiger partial charge in [-0.15, -0.1) is 0 Å². The standard InChI is InChI=1S/C10H8.2C6H6.3C5H6.6C4H10.12C2H6.12CH4/c1-2-6-10-8-4-3-7-9(10)5-1;2*1-2-4-6-5-3-1;3*1-2-4-5-3-1;6*1-3-4-2;12*1-2;;;;;;;;;;;;/h1-8H;2*1-6H;3*1-4H,5H2;6*3-4H2,1-2H3;12*1-2H3;12*1H4. The molecule has 0 saturated carbocycles. The predicted molar refractivity (Wildman–Crippen MR) is 506 cm³/mol. The van der Waals surface area contributed by atoms with Gasteiger partial charge in [-0.1, -0.05) is 610 Å². The number of hydrogen-bond acceptors (Lipinski definition) is 0. The molecule has 0 radical (unpaired) electrons. The largest absolute Gasteiger partial charge is 0.0808 e. The number of benzene rings is 4. The van der Waals surface area contributed by atoms with Crippen molar-refractivity contribution in [1.82, 2.24) is 0 Å². The summed E-state index contributed by atoms with van der Waals surface area (Å²) in [6.07, 6.45) is 44.3. The van der Waals surface area contributed by atoms with Crippen LogP contribution in [0.1, 0.15) is 435 Å². The van der Waals surface area contributed by atoms with Crippen molar-refractivity contribution in [3.63, 3.8) is 0 Å². The van der Waals surface area contributed by atoms with E-state index in [9.17, 15) is 0 Å². The molecule has 0 aliphatic heterocycles. The summed E-state index contributed by atoms with van der Waals surface area (Å²) in [5.74, 6) is 0. The van der Waals surface area contributed by atoms with E-state index in [0.29, 0.717) is 0 Å². The molecule has 0 nitrogen and oxygen atoms in total. The molecule has 0 bridgehead atoms. The molecular formula is C97H218. The van der Waals surface area contributed by atoms with Crippen LogP contribution in [0.25, 0.3) is 10.8 Å². The quantitative estimate of drug-likeness (QED) is 0.180. The number of allylic oxidation sites excluding steroid dienone is 12. The molecule has 0 saturated heterocycles. The van der Waals surface area contributed by atoms with E-state index in [0.717, 1.165) is 19.3 Å². The van der Waals surface area contributed by atoms with Crippen LogP contribution in [0.4, 0.5) is 0 Å². The first-order valence-corrected chi connectivity index (χ1v) is 36.3. The second-order valence-electron chi connectivity index (χ2n) is 13.9. The Bertz CT molecular complexity index is 1140. The molecule has 97 heavy (non-hydrogen) atoms. The van der Waals surface area contributed by atoms with Gasteiger partial charge in [-0.05, 0) is 30.0 Å². The van der Waals surface area contributed by atoms with Crippen molar-refractivity contribution in [1.29, 1.82) is 0 Å². The minimum atomic E-state index is 0. The zero-order valence-corrected chi connectivity index (χ0v) is 66.1. The first-order valence-electron chi connectivity index (χ1n) is 36.3. The molecule has 0 heteroatoms. The molecule has 0 heterocycles. The Balaban J connectivity index is -0.0000000187. The second kappa shape index (κ2) is 318. The maximum Gasteiger partial charge on any atom is -0.0163 e. The first kappa shape index (κ1) is 192. The summed E-state index contributed by atoms with van der Waals surface area (Å²) < 4.78 is 0. The van der Waals surface area contributed by atoms with E-state index in [-0.39, 0.29) is 89.1 Å². The topological polar surface area (TPSA) is 0 Å². The Kier molecular flexibility index (Phi) is 630. The minimum absolute atomic E-state index is 0. The minimum Gasteiger partial charge on any atom is -0.0808 e. The van der Waals surface area contributed by atoms with E-state index in [1.54, 1.807) is 0 Å². The fourth-order valence-corrected chi connectivity index (χ4v) is 3.08. The molecule has 0 fully saturated rings. The Labute approximate surface area is 636 Å². The van der Waals surface area contributed by atoms with Gasteiger partial charge in [-0.3, -0.25) is 0 Å². The van der Waals surface area contributed by atoms with Crippen LogP contribution in [0.2, 0.25) is 0 Å². The molecule has 0 atom stereocenters. The predicted octanol–water partition coefficient (Wildman–Crippen LogP) is 41.5. The third-order valence-corrected chi connectivity index (χ3v) is 7.96. The van der Waals surface area contributed by atoms with Crippen LogP contribution in [0.15, 0.2) is 194 Å². The van der Waals surface area contributed by atoms with Crippen molar-refractivity contribution in [2.24, 2.45) is 0 Å². The molecule has 606 valence electrons. The van der Waals surface area contributed by atoms with Crippen molar-refractivity contribution in [2.45, 2.75) is 435 Å². The monoisotopic (exact) mass is 1380 g/mol. The molecule has 0 spiro atoms. The summed E-state index contributed by atoms with van der Waals surface area (Å²) in [6, 6.07) is 40.7. The van der Waals surface area contributed by atoms with Crippen LogP contribution in [0, 0.1) is 0 Å². The molecule has 0 aromatic heterocycles. The van der Waals surface area contributed by atoms with Gasteiger partial charge in [0.25, 0.3) is 0 Å². The van der Waals surface area contributed by atoms with Crippen LogP contribution >= 0.6 is 0 Å². The van der Waals surface area contributed by atoms with Gasteiger partial charge >= 0.3 is 0 Å². The highest BCUT2D eigenvalue weighted by molar-refractivity contribution is 5.82. The number of hydrogen-bond donors (Lipinski definition) is 0. The summed E-state index contributed by atoms with van der Waals surface area (Å²) in [7, 11) is 0. The van der Waals surface area contributed by atoms with Crippen molar-refractivity contribution in [3.8, 4) is 0 Å². The van der Waals surface area contributed by atoms with E-state index in [4.69, 9.17) is 0 Å². The summed E-state index contributed by atoms with van der Waals surface area (Å²) in [4.78, 5) is 0. The fraction of sp³-hybridized carbons (Fsp3) is 0.649. The van der Waals surface area contributed by atoms with Crippen LogP contribution < -0.4 is 0 Å². The second-order valence-corrected chi connectivity index (χ2v) is 13.9. The lowest BCUT2D eigenvalue weighted by molar-refractivity contribution is 0.886. The normalized spacial score (nSPS) is 7.34. The highest BCUT2D eigenvalue weighted by Gasteiger charge is 1.85. The smallest absolute Gasteiger partial charge is 0.0163 e. The number of fused-ring (bicyclic) bond motifs is 1. The molecule has 3 aliphatic rings. The van der Waals surface area contributed by atoms with Gasteiger partial charge in [-0.2, -0.15) is 0 Å². The zero-order chi connectivity index (χ0) is 70.4. The molecular weight excluding hydrogens is 1170 g/mol. The van der Waals surface area contributed by atoms with Crippen LogP contribution in [0.5, 0.6) is 0 Å². The third-order valence-electron chi connectivity index (χ3n) is 7.96. The van der Waals surface area contributed by atoms with Crippen molar-refractivity contribution >= 4 is 10.8 Å². The maximum atomic E-state index is 2.18. The molecule has 4 aromatic carbocycles. The van der Waals surface area contributed by atoms with E-state index >= 15 is 0 Å². The lowest BCUT2D eigenvalue weighted by atomic mass is 10.1. The zero-order valence-electron chi connectivity index (χ0n) is 66.1. The van der Waals surface area contributed by atoms with Crippen molar-refractivity contribution in [3.05, 3.63) is 194 Å². The van der Waals surface area contributed by atoms with Crippen LogP contribution in [-0.4, -0.2) is 0 Å². The molecule has 4 aromatic rings. The average Bonchev–Trinajstić information content (AvgIpc) is 4.61. The van der Waals surface area contributed by atoms with E-state index in [1.165, 1.54) is 87.8 Å². The average molecular weight is 1380 g/mol. The van der Waals surface area contributed by atoms with Crippen LogP contribution in [0.3, 0.4) is 0 Å². The highest BCUT2D eigenvalue weighted by Crippen LogP contribution is 2.11. The maximum absolute atomic E-state index is 2.18. The van der Waals surface area contributed by atoms with E-state index < -0.39 is 0 Å². The lowest BCUT2D eigenvalue weighted by Crippen LogP contribution is -1.67. The van der Waals surface area contributed by atoms with E-state index in [2.05, 4.69) is 205 Å². The van der Waals surface area contributed by atoms with Gasteiger partial charge in [0.2, 0.25) is 0 Å². The fourth-order valence-electron chi connectivity index (χ4n) is 3.08. The number of rotatable bonds is 6. The molecule has 0 amide bonds. The molecule has 3 aliphatic carbocycles. The summed E-state index contributed by atoms with van der Waals surface area (Å²) >= 11 is 0. The van der Waals surface area contributed by atoms with Gasteiger partial charge in [0, 0.05) is 0 Å². The third kappa shape index (κ3) is 339. The molecule has 0 unspecified atom stereocenters. The highest BCUT2D eigenvalue weighted by atomic mass is 13.9. The summed E-state index contributed by atoms with van der Waals surface area (Å²) in [6.45, 7) is 74.2. The van der Waals surface area contributed by atoms with Gasteiger partial charge in [-0.25, -0.2) is 0 Å². The first-order chi connectivity index (χ1) is 42.0. The summed E-state index contributed by atoms with van der Waals surface area (Å²) in [5, 5.41) is 2.62. The van der Waals surface area contributed by atoms with Gasteiger partial charge in [0.1, 0.15) is 0 Å². The Morgan fingerprint density at radius 1 is 0.155 bits per heavy atom.